The van der Waals surface area contributed by atoms with Crippen LogP contribution in [0.3, 0.4) is 0 Å². The predicted octanol–water partition coefficient (Wildman–Crippen LogP) is 1.67. The molecular weight excluding hydrogens is 308 g/mol. The molecule has 0 radical (unpaired) electrons. The van der Waals surface area contributed by atoms with Crippen LogP contribution < -0.4 is 5.32 Å². The molecule has 1 saturated heterocycles. The number of ketones is 1. The molecular formula is C17H24N4O3. The SMILES string of the molecule is CC(=O)c1cc(C(=O)NC2CC(=O)N(C3CCCCCC3)C2)[nH]n1. The van der Waals surface area contributed by atoms with Crippen LogP contribution in [0.25, 0.3) is 0 Å². The Kier molecular flexibility index (Phi) is 4.97. The molecule has 2 amide bonds. The molecule has 2 aliphatic rings. The third kappa shape index (κ3) is 3.66. The first kappa shape index (κ1) is 16.7. The molecule has 3 rings (SSSR count). The standard InChI is InChI=1S/C17H24N4O3/c1-11(22)14-9-15(20-19-14)17(24)18-12-8-16(23)21(10-12)13-6-4-2-3-5-7-13/h9,12-13H,2-8,10H2,1H3,(H,18,24)(H,19,20). The lowest BCUT2D eigenvalue weighted by Gasteiger charge is -2.27. The van der Waals surface area contributed by atoms with E-state index in [1.54, 1.807) is 0 Å². The van der Waals surface area contributed by atoms with Crippen molar-refractivity contribution in [2.45, 2.75) is 64.0 Å². The van der Waals surface area contributed by atoms with Crippen molar-refractivity contribution in [2.75, 3.05) is 6.54 Å². The summed E-state index contributed by atoms with van der Waals surface area (Å²) in [5.41, 5.74) is 0.489. The summed E-state index contributed by atoms with van der Waals surface area (Å²) in [6, 6.07) is 1.58. The highest BCUT2D eigenvalue weighted by molar-refractivity contribution is 5.98. The Morgan fingerprint density at radius 3 is 2.58 bits per heavy atom. The van der Waals surface area contributed by atoms with Gasteiger partial charge in [0, 0.05) is 25.9 Å². The zero-order valence-corrected chi connectivity index (χ0v) is 14.0. The Labute approximate surface area is 141 Å². The van der Waals surface area contributed by atoms with Crippen molar-refractivity contribution in [3.63, 3.8) is 0 Å². The van der Waals surface area contributed by atoms with Crippen molar-refractivity contribution in [2.24, 2.45) is 0 Å². The van der Waals surface area contributed by atoms with Crippen molar-refractivity contribution < 1.29 is 14.4 Å². The third-order valence-electron chi connectivity index (χ3n) is 4.94. The van der Waals surface area contributed by atoms with Gasteiger partial charge < -0.3 is 10.2 Å². The molecule has 2 heterocycles. The van der Waals surface area contributed by atoms with E-state index in [-0.39, 0.29) is 35.0 Å². The van der Waals surface area contributed by atoms with Gasteiger partial charge in [0.15, 0.2) is 5.78 Å². The van der Waals surface area contributed by atoms with Gasteiger partial charge in [0.25, 0.3) is 5.91 Å². The Morgan fingerprint density at radius 2 is 1.96 bits per heavy atom. The van der Waals surface area contributed by atoms with Gasteiger partial charge in [0.2, 0.25) is 5.91 Å². The number of nitrogens with zero attached hydrogens (tertiary/aromatic N) is 2. The van der Waals surface area contributed by atoms with Crippen LogP contribution in [-0.2, 0) is 4.79 Å². The maximum atomic E-state index is 12.3. The van der Waals surface area contributed by atoms with Crippen molar-refractivity contribution in [1.29, 1.82) is 0 Å². The number of Topliss-reactive ketones (excluding diaryl/α,β-unsaturated/α-hetero) is 1. The first-order valence-electron chi connectivity index (χ1n) is 8.71. The predicted molar refractivity (Wildman–Crippen MR) is 87.7 cm³/mol. The molecule has 7 heteroatoms. The van der Waals surface area contributed by atoms with E-state index in [2.05, 4.69) is 15.5 Å². The molecule has 2 N–H and O–H groups in total. The summed E-state index contributed by atoms with van der Waals surface area (Å²) in [5, 5.41) is 9.26. The van der Waals surface area contributed by atoms with Crippen molar-refractivity contribution in [3.8, 4) is 0 Å². The van der Waals surface area contributed by atoms with Crippen LogP contribution in [0.4, 0.5) is 0 Å². The number of amides is 2. The number of nitrogens with one attached hydrogen (secondary N) is 2. The van der Waals surface area contributed by atoms with Crippen molar-refractivity contribution in [3.05, 3.63) is 17.5 Å². The van der Waals surface area contributed by atoms with Crippen LogP contribution in [0.5, 0.6) is 0 Å². The smallest absolute Gasteiger partial charge is 0.269 e. The molecule has 1 saturated carbocycles. The van der Waals surface area contributed by atoms with Crippen LogP contribution in [0.1, 0.15) is 72.8 Å². The van der Waals surface area contributed by atoms with Gasteiger partial charge in [-0.1, -0.05) is 25.7 Å². The molecule has 0 spiro atoms. The van der Waals surface area contributed by atoms with Crippen LogP contribution >= 0.6 is 0 Å². The first-order valence-corrected chi connectivity index (χ1v) is 8.71. The lowest BCUT2D eigenvalue weighted by Crippen LogP contribution is -2.40. The van der Waals surface area contributed by atoms with E-state index in [0.717, 1.165) is 12.8 Å². The Balaban J connectivity index is 1.58. The highest BCUT2D eigenvalue weighted by atomic mass is 16.2. The van der Waals surface area contributed by atoms with Gasteiger partial charge in [-0.25, -0.2) is 0 Å². The summed E-state index contributed by atoms with van der Waals surface area (Å²) in [4.78, 5) is 37.8. The van der Waals surface area contributed by atoms with E-state index in [4.69, 9.17) is 0 Å². The van der Waals surface area contributed by atoms with Gasteiger partial charge in [-0.15, -0.1) is 0 Å². The highest BCUT2D eigenvalue weighted by Gasteiger charge is 2.35. The van der Waals surface area contributed by atoms with Gasteiger partial charge in [-0.2, -0.15) is 5.10 Å². The molecule has 24 heavy (non-hydrogen) atoms. The van der Waals surface area contributed by atoms with E-state index in [1.165, 1.54) is 38.7 Å². The van der Waals surface area contributed by atoms with Crippen LogP contribution in [0, 0.1) is 0 Å². The molecule has 1 aliphatic carbocycles. The second-order valence-corrected chi connectivity index (χ2v) is 6.79. The molecule has 130 valence electrons. The number of hydrogen-bond acceptors (Lipinski definition) is 4. The fourth-order valence-corrected chi connectivity index (χ4v) is 3.63. The van der Waals surface area contributed by atoms with Crippen LogP contribution in [0.2, 0.25) is 0 Å². The number of hydrogen-bond donors (Lipinski definition) is 2. The third-order valence-corrected chi connectivity index (χ3v) is 4.94. The van der Waals surface area contributed by atoms with Crippen molar-refractivity contribution >= 4 is 17.6 Å². The zero-order valence-electron chi connectivity index (χ0n) is 14.0. The quantitative estimate of drug-likeness (QED) is 0.647. The minimum atomic E-state index is -0.324. The zero-order chi connectivity index (χ0) is 17.1. The van der Waals surface area contributed by atoms with E-state index < -0.39 is 0 Å². The number of aromatic nitrogens is 2. The van der Waals surface area contributed by atoms with Crippen molar-refractivity contribution in [1.82, 2.24) is 20.4 Å². The van der Waals surface area contributed by atoms with Crippen LogP contribution in [0.15, 0.2) is 6.07 Å². The molecule has 0 bridgehead atoms. The van der Waals surface area contributed by atoms with Gasteiger partial charge >= 0.3 is 0 Å². The normalized spacial score (nSPS) is 22.5. The molecule has 1 aromatic rings. The van der Waals surface area contributed by atoms with Gasteiger partial charge in [-0.05, 0) is 18.9 Å². The first-order chi connectivity index (χ1) is 11.5. The van der Waals surface area contributed by atoms with Gasteiger partial charge in [-0.3, -0.25) is 19.5 Å². The van der Waals surface area contributed by atoms with Gasteiger partial charge in [0.1, 0.15) is 11.4 Å². The summed E-state index contributed by atoms with van der Waals surface area (Å²) < 4.78 is 0. The highest BCUT2D eigenvalue weighted by Crippen LogP contribution is 2.25. The second-order valence-electron chi connectivity index (χ2n) is 6.79. The molecule has 1 atom stereocenters. The Hall–Kier alpha value is -2.18. The fraction of sp³-hybridized carbons (Fsp3) is 0.647. The molecule has 1 unspecified atom stereocenters. The molecule has 0 aromatic carbocycles. The number of likely N-dealkylation sites (tertiary alicyclic amines) is 1. The lowest BCUT2D eigenvalue weighted by atomic mass is 10.1. The molecule has 2 fully saturated rings. The maximum Gasteiger partial charge on any atom is 0.269 e. The summed E-state index contributed by atoms with van der Waals surface area (Å²) in [6.07, 6.45) is 7.31. The van der Waals surface area contributed by atoms with Gasteiger partial charge in [0.05, 0.1) is 6.04 Å². The van der Waals surface area contributed by atoms with Crippen LogP contribution in [-0.4, -0.2) is 51.3 Å². The molecule has 1 aromatic heterocycles. The van der Waals surface area contributed by atoms with E-state index in [9.17, 15) is 14.4 Å². The fourth-order valence-electron chi connectivity index (χ4n) is 3.63. The summed E-state index contributed by atoms with van der Waals surface area (Å²) in [6.45, 7) is 1.97. The van der Waals surface area contributed by atoms with E-state index >= 15 is 0 Å². The second kappa shape index (κ2) is 7.15. The molecule has 1 aliphatic heterocycles. The number of H-pyrrole nitrogens is 1. The lowest BCUT2D eigenvalue weighted by molar-refractivity contribution is -0.129. The monoisotopic (exact) mass is 332 g/mol. The van der Waals surface area contributed by atoms with E-state index in [0.29, 0.717) is 19.0 Å². The summed E-state index contributed by atoms with van der Waals surface area (Å²) >= 11 is 0. The average molecular weight is 332 g/mol. The minimum Gasteiger partial charge on any atom is -0.346 e. The molecule has 7 nitrogen and oxygen atoms in total. The number of aromatic amines is 1. The number of carbonyl (C=O) groups is 3. The Bertz CT molecular complexity index is 632. The Morgan fingerprint density at radius 1 is 1.25 bits per heavy atom. The summed E-state index contributed by atoms with van der Waals surface area (Å²) in [7, 11) is 0. The number of rotatable bonds is 4. The maximum absolute atomic E-state index is 12.3. The van der Waals surface area contributed by atoms with E-state index in [1.807, 2.05) is 4.90 Å². The average Bonchev–Trinajstić information content (AvgIpc) is 3.07. The largest absolute Gasteiger partial charge is 0.346 e. The minimum absolute atomic E-state index is 0.126. The topological polar surface area (TPSA) is 95.2 Å². The summed E-state index contributed by atoms with van der Waals surface area (Å²) in [5.74, 6) is -0.391. The number of carbonyl (C=O) groups excluding carboxylic acids is 3.